The Bertz CT molecular complexity index is 1020. The van der Waals surface area contributed by atoms with E-state index in [1.54, 1.807) is 19.6 Å². The SMILES string of the molecule is COCCOCCNc1ncnc2c1cnn2-c1cccc(C#C[Si](C)(C)C)c1. The minimum atomic E-state index is -1.43. The number of benzene rings is 1. The largest absolute Gasteiger partial charge is 0.382 e. The molecular weight excluding hydrogens is 382 g/mol. The van der Waals surface area contributed by atoms with E-state index >= 15 is 0 Å². The summed E-state index contributed by atoms with van der Waals surface area (Å²) in [5.41, 5.74) is 6.06. The second-order valence-electron chi connectivity index (χ2n) is 7.60. The van der Waals surface area contributed by atoms with Crippen molar-refractivity contribution in [2.75, 3.05) is 38.8 Å². The Morgan fingerprint density at radius 2 is 2.00 bits per heavy atom. The van der Waals surface area contributed by atoms with E-state index in [0.717, 1.165) is 28.1 Å². The van der Waals surface area contributed by atoms with E-state index in [2.05, 4.69) is 51.5 Å². The molecule has 0 aliphatic rings. The second-order valence-corrected chi connectivity index (χ2v) is 12.3. The average Bonchev–Trinajstić information content (AvgIpc) is 3.14. The van der Waals surface area contributed by atoms with Crippen molar-refractivity contribution in [2.24, 2.45) is 0 Å². The fraction of sp³-hybridized carbons (Fsp3) is 0.381. The normalized spacial score (nSPS) is 11.3. The molecule has 8 heteroatoms. The van der Waals surface area contributed by atoms with Gasteiger partial charge in [0.25, 0.3) is 0 Å². The van der Waals surface area contributed by atoms with Crippen LogP contribution >= 0.6 is 0 Å². The summed E-state index contributed by atoms with van der Waals surface area (Å²) in [6, 6.07) is 8.06. The summed E-state index contributed by atoms with van der Waals surface area (Å²) in [7, 11) is 0.230. The molecule has 7 nitrogen and oxygen atoms in total. The molecule has 152 valence electrons. The van der Waals surface area contributed by atoms with Gasteiger partial charge in [-0.1, -0.05) is 31.6 Å². The van der Waals surface area contributed by atoms with Crippen LogP contribution in [0.15, 0.2) is 36.8 Å². The number of rotatable bonds is 8. The molecule has 0 aliphatic heterocycles. The van der Waals surface area contributed by atoms with E-state index in [1.807, 2.05) is 28.9 Å². The summed E-state index contributed by atoms with van der Waals surface area (Å²) in [6.07, 6.45) is 3.33. The van der Waals surface area contributed by atoms with Crippen molar-refractivity contribution in [2.45, 2.75) is 19.6 Å². The van der Waals surface area contributed by atoms with Crippen LogP contribution in [0.3, 0.4) is 0 Å². The number of fused-ring (bicyclic) bond motifs is 1. The van der Waals surface area contributed by atoms with Crippen molar-refractivity contribution < 1.29 is 9.47 Å². The maximum absolute atomic E-state index is 5.48. The van der Waals surface area contributed by atoms with Gasteiger partial charge in [-0.25, -0.2) is 14.6 Å². The summed E-state index contributed by atoms with van der Waals surface area (Å²) in [6.45, 7) is 9.08. The number of methoxy groups -OCH3 is 1. The van der Waals surface area contributed by atoms with Crippen molar-refractivity contribution in [1.82, 2.24) is 19.7 Å². The molecule has 0 radical (unpaired) electrons. The number of hydrogen-bond acceptors (Lipinski definition) is 6. The van der Waals surface area contributed by atoms with Crippen LogP contribution in [0.4, 0.5) is 5.82 Å². The van der Waals surface area contributed by atoms with E-state index in [-0.39, 0.29) is 0 Å². The van der Waals surface area contributed by atoms with Crippen LogP contribution in [0.25, 0.3) is 16.7 Å². The van der Waals surface area contributed by atoms with Gasteiger partial charge < -0.3 is 14.8 Å². The molecule has 2 heterocycles. The molecule has 0 saturated carbocycles. The first kappa shape index (κ1) is 21.0. The van der Waals surface area contributed by atoms with Crippen LogP contribution in [0.2, 0.25) is 19.6 Å². The molecule has 3 aromatic rings. The fourth-order valence-electron chi connectivity index (χ4n) is 2.63. The van der Waals surface area contributed by atoms with Crippen LogP contribution in [0.1, 0.15) is 5.56 Å². The number of ether oxygens (including phenoxy) is 2. The van der Waals surface area contributed by atoms with Crippen molar-refractivity contribution >= 4 is 24.9 Å². The molecule has 1 aromatic carbocycles. The lowest BCUT2D eigenvalue weighted by atomic mass is 10.2. The Morgan fingerprint density at radius 3 is 2.79 bits per heavy atom. The third-order valence-electron chi connectivity index (χ3n) is 4.01. The zero-order valence-corrected chi connectivity index (χ0v) is 18.4. The second kappa shape index (κ2) is 9.65. The summed E-state index contributed by atoms with van der Waals surface area (Å²) in [4.78, 5) is 8.78. The minimum Gasteiger partial charge on any atom is -0.382 e. The Kier molecular flexibility index (Phi) is 6.98. The van der Waals surface area contributed by atoms with Gasteiger partial charge in [0.15, 0.2) is 5.65 Å². The van der Waals surface area contributed by atoms with Gasteiger partial charge in [-0.15, -0.1) is 5.54 Å². The van der Waals surface area contributed by atoms with Gasteiger partial charge in [-0.2, -0.15) is 5.10 Å². The zero-order chi connectivity index (χ0) is 20.7. The minimum absolute atomic E-state index is 0.570. The first-order chi connectivity index (χ1) is 14.0. The quantitative estimate of drug-likeness (QED) is 0.350. The molecule has 0 bridgehead atoms. The molecule has 0 unspecified atom stereocenters. The molecule has 0 saturated heterocycles. The summed E-state index contributed by atoms with van der Waals surface area (Å²) in [5, 5.41) is 8.69. The number of hydrogen-bond donors (Lipinski definition) is 1. The van der Waals surface area contributed by atoms with Gasteiger partial charge in [0.1, 0.15) is 20.2 Å². The fourth-order valence-corrected chi connectivity index (χ4v) is 3.15. The first-order valence-corrected chi connectivity index (χ1v) is 13.1. The Balaban J connectivity index is 1.79. The molecule has 2 aromatic heterocycles. The maximum atomic E-state index is 5.48. The van der Waals surface area contributed by atoms with Gasteiger partial charge in [0.2, 0.25) is 0 Å². The highest BCUT2D eigenvalue weighted by molar-refractivity contribution is 6.83. The van der Waals surface area contributed by atoms with E-state index in [9.17, 15) is 0 Å². The predicted octanol–water partition coefficient (Wildman–Crippen LogP) is 3.12. The van der Waals surface area contributed by atoms with Crippen LogP contribution in [-0.2, 0) is 9.47 Å². The maximum Gasteiger partial charge on any atom is 0.168 e. The monoisotopic (exact) mass is 409 g/mol. The molecule has 0 atom stereocenters. The molecule has 0 amide bonds. The highest BCUT2D eigenvalue weighted by Gasteiger charge is 2.11. The van der Waals surface area contributed by atoms with Gasteiger partial charge in [0, 0.05) is 19.2 Å². The number of nitrogens with zero attached hydrogens (tertiary/aromatic N) is 4. The lowest BCUT2D eigenvalue weighted by molar-refractivity contribution is 0.0759. The Labute approximate surface area is 172 Å². The standard InChI is InChI=1S/C21H27N5O2Si/c1-27-11-12-28-10-9-22-20-19-15-25-26(21(19)24-16-23-20)18-7-5-6-17(14-18)8-13-29(2,3)4/h5-7,14-16H,9-12H2,1-4H3,(H,22,23,24). The molecule has 3 rings (SSSR count). The average molecular weight is 410 g/mol. The smallest absolute Gasteiger partial charge is 0.168 e. The summed E-state index contributed by atoms with van der Waals surface area (Å²) in [5.74, 6) is 4.04. The Hall–Kier alpha value is -2.73. The van der Waals surface area contributed by atoms with Gasteiger partial charge >= 0.3 is 0 Å². The highest BCUT2D eigenvalue weighted by atomic mass is 28.3. The lowest BCUT2D eigenvalue weighted by Gasteiger charge is -2.08. The molecule has 1 N–H and O–H groups in total. The van der Waals surface area contributed by atoms with Crippen molar-refractivity contribution in [3.63, 3.8) is 0 Å². The number of aromatic nitrogens is 4. The lowest BCUT2D eigenvalue weighted by Crippen LogP contribution is -2.16. The summed E-state index contributed by atoms with van der Waals surface area (Å²) < 4.78 is 12.3. The van der Waals surface area contributed by atoms with Crippen LogP contribution in [0.5, 0.6) is 0 Å². The van der Waals surface area contributed by atoms with Crippen LogP contribution in [0, 0.1) is 11.5 Å². The predicted molar refractivity (Wildman–Crippen MR) is 118 cm³/mol. The van der Waals surface area contributed by atoms with E-state index < -0.39 is 8.07 Å². The zero-order valence-electron chi connectivity index (χ0n) is 17.4. The third kappa shape index (κ3) is 5.87. The van der Waals surface area contributed by atoms with E-state index in [0.29, 0.717) is 26.4 Å². The first-order valence-electron chi connectivity index (χ1n) is 9.61. The Morgan fingerprint density at radius 1 is 1.14 bits per heavy atom. The topological polar surface area (TPSA) is 74.1 Å². The van der Waals surface area contributed by atoms with Gasteiger partial charge in [-0.05, 0) is 18.2 Å². The van der Waals surface area contributed by atoms with Crippen molar-refractivity contribution in [3.05, 3.63) is 42.4 Å². The van der Waals surface area contributed by atoms with Gasteiger partial charge in [-0.3, -0.25) is 0 Å². The van der Waals surface area contributed by atoms with Crippen LogP contribution < -0.4 is 5.32 Å². The number of nitrogens with one attached hydrogen (secondary N) is 1. The molecular formula is C21H27N5O2Si. The highest BCUT2D eigenvalue weighted by Crippen LogP contribution is 2.21. The molecule has 29 heavy (non-hydrogen) atoms. The van der Waals surface area contributed by atoms with E-state index in [1.165, 1.54) is 0 Å². The number of anilines is 1. The van der Waals surface area contributed by atoms with Crippen LogP contribution in [-0.4, -0.2) is 61.3 Å². The molecule has 0 spiro atoms. The van der Waals surface area contributed by atoms with Crippen molar-refractivity contribution in [1.29, 1.82) is 0 Å². The third-order valence-corrected chi connectivity index (χ3v) is 4.88. The van der Waals surface area contributed by atoms with E-state index in [4.69, 9.17) is 9.47 Å². The van der Waals surface area contributed by atoms with Gasteiger partial charge in [0.05, 0.1) is 37.1 Å². The molecule has 0 aliphatic carbocycles. The summed E-state index contributed by atoms with van der Waals surface area (Å²) >= 11 is 0. The van der Waals surface area contributed by atoms with Crippen molar-refractivity contribution in [3.8, 4) is 17.2 Å². The molecule has 0 fully saturated rings.